The number of hydrogen-bond donors (Lipinski definition) is 1. The minimum Gasteiger partial charge on any atom is -0.493 e. The molecule has 1 aliphatic carbocycles. The molecule has 0 bridgehead atoms. The van der Waals surface area contributed by atoms with Crippen LogP contribution < -0.4 is 14.8 Å². The average Bonchev–Trinajstić information content (AvgIpc) is 2.73. The minimum atomic E-state index is -0.716. The Hall–Kier alpha value is -3.02. The number of hydrogen-bond acceptors (Lipinski definition) is 5. The highest BCUT2D eigenvalue weighted by atomic mass is 16.5. The molecule has 1 aliphatic rings. The Morgan fingerprint density at radius 1 is 1.11 bits per heavy atom. The molecule has 0 heterocycles. The summed E-state index contributed by atoms with van der Waals surface area (Å²) in [7, 11) is 2.79. The molecule has 0 aromatic heterocycles. The van der Waals surface area contributed by atoms with Crippen molar-refractivity contribution in [3.8, 4) is 11.5 Å². The lowest BCUT2D eigenvalue weighted by molar-refractivity contribution is -0.128. The van der Waals surface area contributed by atoms with Crippen LogP contribution in [-0.4, -0.2) is 32.2 Å². The quantitative estimate of drug-likeness (QED) is 0.774. The highest BCUT2D eigenvalue weighted by molar-refractivity contribution is 5.90. The molecule has 2 aromatic rings. The van der Waals surface area contributed by atoms with E-state index in [4.69, 9.17) is 14.2 Å². The van der Waals surface area contributed by atoms with Crippen molar-refractivity contribution >= 4 is 11.9 Å². The first-order valence-electron chi connectivity index (χ1n) is 9.34. The van der Waals surface area contributed by atoms with Gasteiger partial charge in [-0.05, 0) is 55.5 Å². The first-order chi connectivity index (χ1) is 13.5. The number of fused-ring (bicyclic) bond motifs is 1. The molecule has 2 atom stereocenters. The Morgan fingerprint density at radius 2 is 1.89 bits per heavy atom. The zero-order chi connectivity index (χ0) is 20.1. The van der Waals surface area contributed by atoms with Gasteiger partial charge in [-0.15, -0.1) is 0 Å². The maximum absolute atomic E-state index is 12.7. The van der Waals surface area contributed by atoms with Crippen LogP contribution in [0.4, 0.5) is 0 Å². The summed E-state index contributed by atoms with van der Waals surface area (Å²) < 4.78 is 15.8. The van der Waals surface area contributed by atoms with Gasteiger partial charge in [-0.2, -0.15) is 0 Å². The lowest BCUT2D eigenvalue weighted by atomic mass is 9.87. The molecular weight excluding hydrogens is 358 g/mol. The van der Waals surface area contributed by atoms with Gasteiger partial charge in [0.1, 0.15) is 0 Å². The fraction of sp³-hybridized carbons (Fsp3) is 0.364. The summed E-state index contributed by atoms with van der Waals surface area (Å²) in [6.45, 7) is 1.69. The van der Waals surface area contributed by atoms with E-state index in [1.165, 1.54) is 31.4 Å². The van der Waals surface area contributed by atoms with Gasteiger partial charge in [0.2, 0.25) is 0 Å². The van der Waals surface area contributed by atoms with E-state index in [0.717, 1.165) is 19.3 Å². The van der Waals surface area contributed by atoms with E-state index < -0.39 is 12.1 Å². The summed E-state index contributed by atoms with van der Waals surface area (Å²) >= 11 is 0. The molecule has 28 heavy (non-hydrogen) atoms. The zero-order valence-corrected chi connectivity index (χ0v) is 16.4. The minimum absolute atomic E-state index is 0.00732. The van der Waals surface area contributed by atoms with E-state index in [1.54, 1.807) is 19.1 Å². The van der Waals surface area contributed by atoms with Crippen molar-refractivity contribution in [2.24, 2.45) is 0 Å². The maximum atomic E-state index is 12.7. The summed E-state index contributed by atoms with van der Waals surface area (Å²) in [6.07, 6.45) is 2.28. The topological polar surface area (TPSA) is 73.9 Å². The number of carbonyl (C=O) groups excluding carboxylic acids is 2. The van der Waals surface area contributed by atoms with Crippen molar-refractivity contribution < 1.29 is 23.8 Å². The van der Waals surface area contributed by atoms with Gasteiger partial charge in [-0.25, -0.2) is 4.79 Å². The van der Waals surface area contributed by atoms with Crippen LogP contribution in [0.15, 0.2) is 42.5 Å². The van der Waals surface area contributed by atoms with E-state index in [2.05, 4.69) is 17.4 Å². The molecule has 0 radical (unpaired) electrons. The number of nitrogens with one attached hydrogen (secondary N) is 1. The smallest absolute Gasteiger partial charge is 0.337 e. The van der Waals surface area contributed by atoms with Crippen LogP contribution in [0.2, 0.25) is 0 Å². The number of aryl methyl sites for hydroxylation is 1. The van der Waals surface area contributed by atoms with E-state index in [-0.39, 0.29) is 11.9 Å². The van der Waals surface area contributed by atoms with Gasteiger partial charge < -0.3 is 19.5 Å². The molecule has 0 saturated carbocycles. The van der Waals surface area contributed by atoms with Gasteiger partial charge in [0.25, 0.3) is 5.91 Å². The third-order valence-corrected chi connectivity index (χ3v) is 4.94. The normalized spacial score (nSPS) is 16.5. The van der Waals surface area contributed by atoms with E-state index in [0.29, 0.717) is 17.1 Å². The maximum Gasteiger partial charge on any atom is 0.337 e. The molecule has 0 spiro atoms. The van der Waals surface area contributed by atoms with Crippen LogP contribution in [0.3, 0.4) is 0 Å². The molecule has 0 aliphatic heterocycles. The summed E-state index contributed by atoms with van der Waals surface area (Å²) in [5.41, 5.74) is 2.81. The number of ether oxygens (including phenoxy) is 3. The Morgan fingerprint density at radius 3 is 2.64 bits per heavy atom. The predicted molar refractivity (Wildman–Crippen MR) is 105 cm³/mol. The van der Waals surface area contributed by atoms with Crippen molar-refractivity contribution in [3.05, 3.63) is 59.2 Å². The lowest BCUT2D eigenvalue weighted by Crippen LogP contribution is -2.39. The van der Waals surface area contributed by atoms with Crippen molar-refractivity contribution in [3.63, 3.8) is 0 Å². The average molecular weight is 383 g/mol. The molecule has 1 N–H and O–H groups in total. The third kappa shape index (κ3) is 4.27. The Labute approximate surface area is 164 Å². The Balaban J connectivity index is 1.69. The number of esters is 1. The third-order valence-electron chi connectivity index (χ3n) is 4.94. The van der Waals surface area contributed by atoms with Gasteiger partial charge in [0, 0.05) is 0 Å². The number of carbonyl (C=O) groups is 2. The molecule has 2 aromatic carbocycles. The molecule has 6 nitrogen and oxygen atoms in total. The molecule has 6 heteroatoms. The monoisotopic (exact) mass is 383 g/mol. The van der Waals surface area contributed by atoms with Crippen LogP contribution in [-0.2, 0) is 16.0 Å². The van der Waals surface area contributed by atoms with Gasteiger partial charge >= 0.3 is 5.97 Å². The molecule has 0 unspecified atom stereocenters. The van der Waals surface area contributed by atoms with Crippen molar-refractivity contribution in [1.29, 1.82) is 0 Å². The lowest BCUT2D eigenvalue weighted by Gasteiger charge is -2.27. The van der Waals surface area contributed by atoms with Gasteiger partial charge in [-0.1, -0.05) is 24.3 Å². The van der Waals surface area contributed by atoms with Crippen LogP contribution in [0.1, 0.15) is 47.3 Å². The molecule has 3 rings (SSSR count). The highest BCUT2D eigenvalue weighted by Crippen LogP contribution is 2.31. The molecular formula is C22H25NO5. The zero-order valence-electron chi connectivity index (χ0n) is 16.4. The largest absolute Gasteiger partial charge is 0.493 e. The number of amides is 1. The summed E-state index contributed by atoms with van der Waals surface area (Å²) in [5, 5.41) is 3.09. The van der Waals surface area contributed by atoms with E-state index in [1.807, 2.05) is 12.1 Å². The highest BCUT2D eigenvalue weighted by Gasteiger charge is 2.25. The second kappa shape index (κ2) is 8.78. The van der Waals surface area contributed by atoms with Crippen LogP contribution >= 0.6 is 0 Å². The molecule has 0 saturated heterocycles. The van der Waals surface area contributed by atoms with Crippen molar-refractivity contribution in [2.45, 2.75) is 38.3 Å². The Kier molecular flexibility index (Phi) is 6.19. The van der Waals surface area contributed by atoms with Crippen molar-refractivity contribution in [1.82, 2.24) is 5.32 Å². The molecule has 1 amide bonds. The second-order valence-electron chi connectivity index (χ2n) is 6.77. The number of rotatable bonds is 6. The van der Waals surface area contributed by atoms with Crippen molar-refractivity contribution in [2.75, 3.05) is 14.2 Å². The predicted octanol–water partition coefficient (Wildman–Crippen LogP) is 3.44. The van der Waals surface area contributed by atoms with Crippen LogP contribution in [0.25, 0.3) is 0 Å². The number of methoxy groups -OCH3 is 2. The fourth-order valence-corrected chi connectivity index (χ4v) is 3.45. The summed E-state index contributed by atoms with van der Waals surface area (Å²) in [5.74, 6) is 0.0971. The molecule has 148 valence electrons. The van der Waals surface area contributed by atoms with Gasteiger partial charge in [0.05, 0.1) is 25.8 Å². The van der Waals surface area contributed by atoms with E-state index in [9.17, 15) is 9.59 Å². The van der Waals surface area contributed by atoms with Crippen LogP contribution in [0.5, 0.6) is 11.5 Å². The Bertz CT molecular complexity index is 864. The van der Waals surface area contributed by atoms with Gasteiger partial charge in [0.15, 0.2) is 17.6 Å². The summed E-state index contributed by atoms with van der Waals surface area (Å²) in [4.78, 5) is 24.4. The SMILES string of the molecule is COC(=O)c1ccc(O[C@@H](C)C(=O)N[C@H]2CCCc3ccccc32)c(OC)c1. The standard InChI is InChI=1S/C22H25NO5/c1-14(28-19-12-11-16(22(25)27-3)13-20(19)26-2)21(24)23-18-10-6-8-15-7-4-5-9-17(15)18/h4-5,7,9,11-14,18H,6,8,10H2,1-3H3,(H,23,24)/t14-,18-/m0/s1. The first-order valence-corrected chi connectivity index (χ1v) is 9.34. The summed E-state index contributed by atoms with van der Waals surface area (Å²) in [6, 6.07) is 12.9. The molecule has 0 fully saturated rings. The fourth-order valence-electron chi connectivity index (χ4n) is 3.45. The number of benzene rings is 2. The second-order valence-corrected chi connectivity index (χ2v) is 6.77. The van der Waals surface area contributed by atoms with Crippen LogP contribution in [0, 0.1) is 0 Å². The van der Waals surface area contributed by atoms with E-state index >= 15 is 0 Å². The van der Waals surface area contributed by atoms with Gasteiger partial charge in [-0.3, -0.25) is 4.79 Å². The first kappa shape index (κ1) is 19.7.